The molecule has 0 spiro atoms. The summed E-state index contributed by atoms with van der Waals surface area (Å²) in [6.07, 6.45) is 3.99. The van der Waals surface area contributed by atoms with Gasteiger partial charge >= 0.3 is 0 Å². The van der Waals surface area contributed by atoms with Gasteiger partial charge in [-0.3, -0.25) is 4.90 Å². The van der Waals surface area contributed by atoms with Crippen LogP contribution >= 0.6 is 0 Å². The number of nitrogens with two attached hydrogens (primary N) is 1. The number of benzene rings is 2. The number of nitrogen functional groups attached to an aromatic ring is 1. The third kappa shape index (κ3) is 2.96. The van der Waals surface area contributed by atoms with E-state index in [0.29, 0.717) is 0 Å². The van der Waals surface area contributed by atoms with Gasteiger partial charge in [-0.15, -0.1) is 0 Å². The van der Waals surface area contributed by atoms with E-state index in [1.165, 1.54) is 48.7 Å². The molecule has 0 amide bonds. The molecule has 1 aliphatic rings. The molecule has 20 heavy (non-hydrogen) atoms. The van der Waals surface area contributed by atoms with Crippen molar-refractivity contribution in [2.75, 3.05) is 18.8 Å². The molecule has 2 aromatic rings. The molecule has 1 heterocycles. The van der Waals surface area contributed by atoms with Gasteiger partial charge in [-0.1, -0.05) is 31.2 Å². The maximum absolute atomic E-state index is 6.24. The maximum Gasteiger partial charge on any atom is 0.0366 e. The van der Waals surface area contributed by atoms with Crippen LogP contribution in [0.15, 0.2) is 36.4 Å². The molecule has 1 fully saturated rings. The molecule has 2 N–H and O–H groups in total. The van der Waals surface area contributed by atoms with Gasteiger partial charge in [0.1, 0.15) is 0 Å². The number of anilines is 1. The van der Waals surface area contributed by atoms with Gasteiger partial charge in [0.25, 0.3) is 0 Å². The molecule has 1 saturated heterocycles. The molecule has 0 radical (unpaired) electrons. The normalized spacial score (nSPS) is 20.9. The first-order chi connectivity index (χ1) is 9.72. The van der Waals surface area contributed by atoms with Crippen LogP contribution in [0.4, 0.5) is 5.69 Å². The molecule has 1 unspecified atom stereocenters. The first-order valence-corrected chi connectivity index (χ1v) is 7.72. The molecular weight excluding hydrogens is 244 g/mol. The quantitative estimate of drug-likeness (QED) is 0.833. The lowest BCUT2D eigenvalue weighted by atomic mass is 10.0. The highest BCUT2D eigenvalue weighted by Gasteiger charge is 2.15. The van der Waals surface area contributed by atoms with Crippen molar-refractivity contribution in [2.24, 2.45) is 5.92 Å². The van der Waals surface area contributed by atoms with Crippen molar-refractivity contribution in [2.45, 2.75) is 32.7 Å². The highest BCUT2D eigenvalue weighted by atomic mass is 15.1. The Bertz CT molecular complexity index is 591. The lowest BCUT2D eigenvalue weighted by Crippen LogP contribution is -2.24. The van der Waals surface area contributed by atoms with E-state index in [9.17, 15) is 0 Å². The highest BCUT2D eigenvalue weighted by molar-refractivity contribution is 5.86. The Hall–Kier alpha value is -1.54. The van der Waals surface area contributed by atoms with Crippen LogP contribution in [0.25, 0.3) is 10.8 Å². The fourth-order valence-corrected chi connectivity index (χ4v) is 3.16. The molecule has 1 aliphatic heterocycles. The number of hydrogen-bond acceptors (Lipinski definition) is 2. The van der Waals surface area contributed by atoms with Crippen molar-refractivity contribution >= 4 is 16.5 Å². The molecule has 3 rings (SSSR count). The SMILES string of the molecule is CC1CCCN(Cc2cc3ccccc3cc2N)CC1. The van der Waals surface area contributed by atoms with Gasteiger partial charge in [-0.25, -0.2) is 0 Å². The van der Waals surface area contributed by atoms with Gasteiger partial charge in [0.2, 0.25) is 0 Å². The largest absolute Gasteiger partial charge is 0.398 e. The van der Waals surface area contributed by atoms with Gasteiger partial charge in [-0.05, 0) is 66.7 Å². The second kappa shape index (κ2) is 5.84. The van der Waals surface area contributed by atoms with Crippen molar-refractivity contribution in [1.82, 2.24) is 4.90 Å². The summed E-state index contributed by atoms with van der Waals surface area (Å²) in [5, 5.41) is 2.53. The van der Waals surface area contributed by atoms with E-state index in [2.05, 4.69) is 48.2 Å². The zero-order valence-corrected chi connectivity index (χ0v) is 12.3. The number of nitrogens with zero attached hydrogens (tertiary/aromatic N) is 1. The van der Waals surface area contributed by atoms with Crippen LogP contribution in [0.3, 0.4) is 0 Å². The summed E-state index contributed by atoms with van der Waals surface area (Å²) in [6.45, 7) is 5.77. The predicted octanol–water partition coefficient (Wildman–Crippen LogP) is 4.04. The van der Waals surface area contributed by atoms with Crippen LogP contribution < -0.4 is 5.73 Å². The van der Waals surface area contributed by atoms with Crippen molar-refractivity contribution < 1.29 is 0 Å². The summed E-state index contributed by atoms with van der Waals surface area (Å²) >= 11 is 0. The predicted molar refractivity (Wildman–Crippen MR) is 86.7 cm³/mol. The molecule has 1 atom stereocenters. The van der Waals surface area contributed by atoms with E-state index < -0.39 is 0 Å². The molecule has 0 aliphatic carbocycles. The summed E-state index contributed by atoms with van der Waals surface area (Å²) in [5.74, 6) is 0.869. The van der Waals surface area contributed by atoms with Gasteiger partial charge in [0.15, 0.2) is 0 Å². The highest BCUT2D eigenvalue weighted by Crippen LogP contribution is 2.24. The fraction of sp³-hybridized carbons (Fsp3) is 0.444. The van der Waals surface area contributed by atoms with E-state index in [4.69, 9.17) is 5.73 Å². The monoisotopic (exact) mass is 268 g/mol. The number of rotatable bonds is 2. The molecule has 2 aromatic carbocycles. The standard InChI is InChI=1S/C18H24N2/c1-14-5-4-9-20(10-8-14)13-17-11-15-6-2-3-7-16(15)12-18(17)19/h2-3,6-7,11-12,14H,4-5,8-10,13,19H2,1H3. The molecule has 0 aromatic heterocycles. The third-order valence-electron chi connectivity index (χ3n) is 4.51. The minimum absolute atomic E-state index is 0.869. The van der Waals surface area contributed by atoms with Gasteiger partial charge in [0, 0.05) is 12.2 Å². The second-order valence-corrected chi connectivity index (χ2v) is 6.21. The van der Waals surface area contributed by atoms with Crippen molar-refractivity contribution in [3.05, 3.63) is 42.0 Å². The van der Waals surface area contributed by atoms with E-state index in [0.717, 1.165) is 18.2 Å². The fourth-order valence-electron chi connectivity index (χ4n) is 3.16. The van der Waals surface area contributed by atoms with Gasteiger partial charge < -0.3 is 5.73 Å². The summed E-state index contributed by atoms with van der Waals surface area (Å²) in [6, 6.07) is 12.8. The average molecular weight is 268 g/mol. The second-order valence-electron chi connectivity index (χ2n) is 6.21. The minimum atomic E-state index is 0.869. The lowest BCUT2D eigenvalue weighted by molar-refractivity contribution is 0.274. The minimum Gasteiger partial charge on any atom is -0.398 e. The van der Waals surface area contributed by atoms with E-state index in [1.807, 2.05) is 0 Å². The van der Waals surface area contributed by atoms with Crippen LogP contribution in [-0.2, 0) is 6.54 Å². The van der Waals surface area contributed by atoms with E-state index in [-0.39, 0.29) is 0 Å². The summed E-state index contributed by atoms with van der Waals surface area (Å²) in [5.41, 5.74) is 8.45. The number of hydrogen-bond donors (Lipinski definition) is 1. The zero-order chi connectivity index (χ0) is 13.9. The van der Waals surface area contributed by atoms with Gasteiger partial charge in [0.05, 0.1) is 0 Å². The van der Waals surface area contributed by atoms with E-state index in [1.54, 1.807) is 0 Å². The smallest absolute Gasteiger partial charge is 0.0366 e. The van der Waals surface area contributed by atoms with Crippen molar-refractivity contribution in [1.29, 1.82) is 0 Å². The summed E-state index contributed by atoms with van der Waals surface area (Å²) in [4.78, 5) is 2.56. The topological polar surface area (TPSA) is 29.3 Å². The van der Waals surface area contributed by atoms with Crippen LogP contribution in [0.5, 0.6) is 0 Å². The average Bonchev–Trinajstić information content (AvgIpc) is 2.65. The Morgan fingerprint density at radius 2 is 1.85 bits per heavy atom. The first-order valence-electron chi connectivity index (χ1n) is 7.72. The summed E-state index contributed by atoms with van der Waals surface area (Å²) < 4.78 is 0. The lowest BCUT2D eigenvalue weighted by Gasteiger charge is -2.21. The van der Waals surface area contributed by atoms with Crippen molar-refractivity contribution in [3.63, 3.8) is 0 Å². The Morgan fingerprint density at radius 3 is 2.65 bits per heavy atom. The Kier molecular flexibility index (Phi) is 3.93. The summed E-state index contributed by atoms with van der Waals surface area (Å²) in [7, 11) is 0. The number of likely N-dealkylation sites (tertiary alicyclic amines) is 1. The van der Waals surface area contributed by atoms with Crippen LogP contribution in [0.2, 0.25) is 0 Å². The first kappa shape index (κ1) is 13.4. The van der Waals surface area contributed by atoms with Crippen LogP contribution in [0.1, 0.15) is 31.7 Å². The molecule has 0 saturated carbocycles. The Balaban J connectivity index is 1.81. The third-order valence-corrected chi connectivity index (χ3v) is 4.51. The van der Waals surface area contributed by atoms with Crippen LogP contribution in [-0.4, -0.2) is 18.0 Å². The molecule has 0 bridgehead atoms. The molecule has 2 nitrogen and oxygen atoms in total. The zero-order valence-electron chi connectivity index (χ0n) is 12.3. The Morgan fingerprint density at radius 1 is 1.10 bits per heavy atom. The maximum atomic E-state index is 6.24. The van der Waals surface area contributed by atoms with Crippen LogP contribution in [0, 0.1) is 5.92 Å². The van der Waals surface area contributed by atoms with Gasteiger partial charge in [-0.2, -0.15) is 0 Å². The molecular formula is C18H24N2. The van der Waals surface area contributed by atoms with Crippen molar-refractivity contribution in [3.8, 4) is 0 Å². The number of fused-ring (bicyclic) bond motifs is 1. The molecule has 2 heteroatoms. The molecule has 106 valence electrons. The van der Waals surface area contributed by atoms with E-state index >= 15 is 0 Å². The Labute approximate surface area is 121 Å².